The lowest BCUT2D eigenvalue weighted by Crippen LogP contribution is -1.91. The quantitative estimate of drug-likeness (QED) is 0.639. The molecule has 0 saturated heterocycles. The number of hydrogen-bond donors (Lipinski definition) is 3. The van der Waals surface area contributed by atoms with Crippen LogP contribution in [-0.4, -0.2) is 25.0 Å². The van der Waals surface area contributed by atoms with Gasteiger partial charge in [-0.05, 0) is 18.2 Å². The average molecular weight is 306 g/mol. The zero-order valence-electron chi connectivity index (χ0n) is 9.05. The SMILES string of the molecule is Nc1ncnc2nc(-c3ccc(Br)cc3O)[nH]c12. The summed E-state index contributed by atoms with van der Waals surface area (Å²) in [5.41, 5.74) is 7.33. The van der Waals surface area contributed by atoms with Gasteiger partial charge in [-0.1, -0.05) is 15.9 Å². The molecule has 90 valence electrons. The Morgan fingerprint density at radius 2 is 2.11 bits per heavy atom. The van der Waals surface area contributed by atoms with Crippen LogP contribution in [0.15, 0.2) is 29.0 Å². The molecular weight excluding hydrogens is 298 g/mol. The molecule has 0 bridgehead atoms. The number of benzene rings is 1. The number of nitrogen functional groups attached to an aromatic ring is 1. The first-order valence-electron chi connectivity index (χ1n) is 5.10. The van der Waals surface area contributed by atoms with E-state index in [2.05, 4.69) is 35.9 Å². The molecule has 3 aromatic rings. The zero-order valence-corrected chi connectivity index (χ0v) is 10.6. The van der Waals surface area contributed by atoms with E-state index < -0.39 is 0 Å². The lowest BCUT2D eigenvalue weighted by molar-refractivity contribution is 0.476. The maximum absolute atomic E-state index is 9.88. The summed E-state index contributed by atoms with van der Waals surface area (Å²) in [5.74, 6) is 0.951. The Balaban J connectivity index is 2.23. The van der Waals surface area contributed by atoms with E-state index in [0.29, 0.717) is 28.4 Å². The molecule has 7 heteroatoms. The number of aromatic hydroxyl groups is 1. The molecule has 4 N–H and O–H groups in total. The fourth-order valence-corrected chi connectivity index (χ4v) is 2.03. The second-order valence-electron chi connectivity index (χ2n) is 3.70. The van der Waals surface area contributed by atoms with E-state index in [1.54, 1.807) is 12.1 Å². The third-order valence-electron chi connectivity index (χ3n) is 2.53. The van der Waals surface area contributed by atoms with E-state index in [-0.39, 0.29) is 5.75 Å². The van der Waals surface area contributed by atoms with Gasteiger partial charge >= 0.3 is 0 Å². The molecule has 6 nitrogen and oxygen atoms in total. The first-order valence-corrected chi connectivity index (χ1v) is 5.89. The van der Waals surface area contributed by atoms with Crippen LogP contribution in [0.2, 0.25) is 0 Å². The van der Waals surface area contributed by atoms with Gasteiger partial charge in [0, 0.05) is 4.47 Å². The molecule has 18 heavy (non-hydrogen) atoms. The van der Waals surface area contributed by atoms with Gasteiger partial charge < -0.3 is 15.8 Å². The van der Waals surface area contributed by atoms with Crippen molar-refractivity contribution in [1.82, 2.24) is 19.9 Å². The van der Waals surface area contributed by atoms with Crippen molar-refractivity contribution in [2.45, 2.75) is 0 Å². The zero-order chi connectivity index (χ0) is 12.7. The highest BCUT2D eigenvalue weighted by atomic mass is 79.9. The van der Waals surface area contributed by atoms with Crippen LogP contribution >= 0.6 is 15.9 Å². The topological polar surface area (TPSA) is 101 Å². The third-order valence-corrected chi connectivity index (χ3v) is 3.03. The number of halogens is 1. The van der Waals surface area contributed by atoms with Gasteiger partial charge in [-0.15, -0.1) is 0 Å². The number of phenolic OH excluding ortho intramolecular Hbond substituents is 1. The van der Waals surface area contributed by atoms with Crippen LogP contribution in [0.25, 0.3) is 22.6 Å². The van der Waals surface area contributed by atoms with Crippen LogP contribution in [-0.2, 0) is 0 Å². The van der Waals surface area contributed by atoms with Crippen LogP contribution in [0.4, 0.5) is 5.82 Å². The van der Waals surface area contributed by atoms with Crippen molar-refractivity contribution in [3.8, 4) is 17.1 Å². The molecule has 0 radical (unpaired) electrons. The van der Waals surface area contributed by atoms with Gasteiger partial charge in [0.25, 0.3) is 0 Å². The first kappa shape index (κ1) is 11.0. The van der Waals surface area contributed by atoms with Gasteiger partial charge in [0.2, 0.25) is 0 Å². The van der Waals surface area contributed by atoms with Crippen LogP contribution in [0, 0.1) is 0 Å². The Morgan fingerprint density at radius 3 is 2.83 bits per heavy atom. The molecule has 0 fully saturated rings. The molecular formula is C11H8BrN5O. The molecule has 3 rings (SSSR count). The summed E-state index contributed by atoms with van der Waals surface area (Å²) < 4.78 is 0.791. The van der Waals surface area contributed by atoms with Gasteiger partial charge in [-0.3, -0.25) is 0 Å². The lowest BCUT2D eigenvalue weighted by atomic mass is 10.2. The minimum atomic E-state index is 0.120. The molecule has 0 aliphatic heterocycles. The smallest absolute Gasteiger partial charge is 0.183 e. The Bertz CT molecular complexity index is 739. The summed E-state index contributed by atoms with van der Waals surface area (Å²) in [6.45, 7) is 0. The summed E-state index contributed by atoms with van der Waals surface area (Å²) >= 11 is 3.28. The van der Waals surface area contributed by atoms with Crippen molar-refractivity contribution >= 4 is 32.9 Å². The number of fused-ring (bicyclic) bond motifs is 1. The maximum atomic E-state index is 9.88. The van der Waals surface area contributed by atoms with E-state index in [1.165, 1.54) is 6.33 Å². The van der Waals surface area contributed by atoms with Gasteiger partial charge in [0.05, 0.1) is 5.56 Å². The summed E-state index contributed by atoms with van der Waals surface area (Å²) in [7, 11) is 0. The van der Waals surface area contributed by atoms with Gasteiger partial charge in [0.15, 0.2) is 11.5 Å². The van der Waals surface area contributed by atoms with Gasteiger partial charge in [0.1, 0.15) is 23.4 Å². The Morgan fingerprint density at radius 1 is 1.28 bits per heavy atom. The second-order valence-corrected chi connectivity index (χ2v) is 4.62. The summed E-state index contributed by atoms with van der Waals surface area (Å²) in [6, 6.07) is 5.16. The number of nitrogens with one attached hydrogen (secondary N) is 1. The summed E-state index contributed by atoms with van der Waals surface area (Å²) in [5, 5.41) is 9.88. The van der Waals surface area contributed by atoms with Gasteiger partial charge in [-0.25, -0.2) is 15.0 Å². The normalized spacial score (nSPS) is 10.9. The number of nitrogens with two attached hydrogens (primary N) is 1. The van der Waals surface area contributed by atoms with Gasteiger partial charge in [-0.2, -0.15) is 0 Å². The molecule has 0 aliphatic carbocycles. The van der Waals surface area contributed by atoms with Crippen LogP contribution in [0.5, 0.6) is 5.75 Å². The van der Waals surface area contributed by atoms with Crippen molar-refractivity contribution in [1.29, 1.82) is 0 Å². The highest BCUT2D eigenvalue weighted by Gasteiger charge is 2.12. The number of phenols is 1. The molecule has 0 aliphatic rings. The standard InChI is InChI=1S/C11H8BrN5O/c12-5-1-2-6(7(18)3-5)10-16-8-9(13)14-4-15-11(8)17-10/h1-4,18H,(H3,13,14,15,16,17). The molecule has 2 heterocycles. The maximum Gasteiger partial charge on any atom is 0.183 e. The Hall–Kier alpha value is -2.15. The number of nitrogens with zero attached hydrogens (tertiary/aromatic N) is 3. The average Bonchev–Trinajstić information content (AvgIpc) is 2.74. The second kappa shape index (κ2) is 3.95. The number of aromatic amines is 1. The molecule has 0 atom stereocenters. The van der Waals surface area contributed by atoms with E-state index in [4.69, 9.17) is 5.73 Å². The predicted octanol–water partition coefficient (Wildman–Crippen LogP) is 2.07. The fourth-order valence-electron chi connectivity index (χ4n) is 1.68. The van der Waals surface area contributed by atoms with E-state index >= 15 is 0 Å². The molecule has 0 saturated carbocycles. The monoisotopic (exact) mass is 305 g/mol. The largest absolute Gasteiger partial charge is 0.507 e. The van der Waals surface area contributed by atoms with E-state index in [9.17, 15) is 5.11 Å². The van der Waals surface area contributed by atoms with Crippen molar-refractivity contribution in [2.75, 3.05) is 5.73 Å². The Labute approximate surface area is 110 Å². The number of aromatic nitrogens is 4. The summed E-state index contributed by atoms with van der Waals surface area (Å²) in [4.78, 5) is 15.2. The lowest BCUT2D eigenvalue weighted by Gasteiger charge is -2.00. The number of H-pyrrole nitrogens is 1. The van der Waals surface area contributed by atoms with Crippen LogP contribution in [0.3, 0.4) is 0 Å². The summed E-state index contributed by atoms with van der Waals surface area (Å²) in [6.07, 6.45) is 1.35. The van der Waals surface area contributed by atoms with Crippen LogP contribution < -0.4 is 5.73 Å². The van der Waals surface area contributed by atoms with Crippen molar-refractivity contribution < 1.29 is 5.11 Å². The minimum Gasteiger partial charge on any atom is -0.507 e. The van der Waals surface area contributed by atoms with Crippen molar-refractivity contribution in [3.63, 3.8) is 0 Å². The number of hydrogen-bond acceptors (Lipinski definition) is 5. The number of imidazole rings is 1. The van der Waals surface area contributed by atoms with Crippen LogP contribution in [0.1, 0.15) is 0 Å². The molecule has 0 amide bonds. The molecule has 1 aromatic carbocycles. The number of anilines is 1. The van der Waals surface area contributed by atoms with E-state index in [0.717, 1.165) is 4.47 Å². The fraction of sp³-hybridized carbons (Fsp3) is 0. The molecule has 0 spiro atoms. The first-order chi connectivity index (χ1) is 8.65. The third kappa shape index (κ3) is 1.68. The van der Waals surface area contributed by atoms with Crippen molar-refractivity contribution in [2.24, 2.45) is 0 Å². The highest BCUT2D eigenvalue weighted by molar-refractivity contribution is 9.10. The van der Waals surface area contributed by atoms with Crippen molar-refractivity contribution in [3.05, 3.63) is 29.0 Å². The molecule has 2 aromatic heterocycles. The molecule has 0 unspecified atom stereocenters. The minimum absolute atomic E-state index is 0.120. The Kier molecular flexibility index (Phi) is 2.41. The number of rotatable bonds is 1. The van der Waals surface area contributed by atoms with E-state index in [1.807, 2.05) is 6.07 Å². The predicted molar refractivity (Wildman–Crippen MR) is 70.9 cm³/mol. The highest BCUT2D eigenvalue weighted by Crippen LogP contribution is 2.31.